The molecule has 0 atom stereocenters. The van der Waals surface area contributed by atoms with Crippen LogP contribution >= 0.6 is 0 Å². The van der Waals surface area contributed by atoms with Crippen molar-refractivity contribution >= 4 is 22.8 Å². The Hall–Kier alpha value is -2.63. The zero-order chi connectivity index (χ0) is 16.0. The molecular weight excluding hydrogens is 288 g/mol. The summed E-state index contributed by atoms with van der Waals surface area (Å²) < 4.78 is 1.67. The van der Waals surface area contributed by atoms with Gasteiger partial charge in [-0.2, -0.15) is 10.1 Å². The van der Waals surface area contributed by atoms with E-state index in [9.17, 15) is 0 Å². The van der Waals surface area contributed by atoms with Crippen LogP contribution < -0.4 is 10.6 Å². The van der Waals surface area contributed by atoms with Crippen molar-refractivity contribution in [3.8, 4) is 11.3 Å². The molecule has 2 N–H and O–H groups in total. The predicted molar refractivity (Wildman–Crippen MR) is 92.3 cm³/mol. The monoisotopic (exact) mass is 308 g/mol. The molecule has 0 unspecified atom stereocenters. The minimum absolute atomic E-state index is 0.601. The van der Waals surface area contributed by atoms with Gasteiger partial charge >= 0.3 is 0 Å². The maximum absolute atomic E-state index is 6.22. The highest BCUT2D eigenvalue weighted by molar-refractivity contribution is 5.99. The van der Waals surface area contributed by atoms with Crippen LogP contribution in [-0.4, -0.2) is 32.8 Å². The first-order valence-electron chi connectivity index (χ1n) is 7.95. The number of rotatable bonds is 2. The van der Waals surface area contributed by atoms with Gasteiger partial charge in [0.15, 0.2) is 5.65 Å². The molecule has 6 nitrogen and oxygen atoms in total. The number of nitrogens with two attached hydrogens (primary N) is 1. The molecular formula is C17H20N6. The molecule has 3 heterocycles. The van der Waals surface area contributed by atoms with Gasteiger partial charge in [0.1, 0.15) is 5.82 Å². The molecule has 3 aromatic rings. The van der Waals surface area contributed by atoms with Crippen LogP contribution in [0.5, 0.6) is 0 Å². The van der Waals surface area contributed by atoms with Gasteiger partial charge in [0.05, 0.1) is 11.1 Å². The zero-order valence-electron chi connectivity index (χ0n) is 13.5. The molecule has 1 fully saturated rings. The lowest BCUT2D eigenvalue weighted by molar-refractivity contribution is 0.785. The predicted octanol–water partition coefficient (Wildman–Crippen LogP) is 2.52. The number of benzene rings is 1. The molecule has 0 bridgehead atoms. The van der Waals surface area contributed by atoms with E-state index in [4.69, 9.17) is 10.7 Å². The third-order valence-electron chi connectivity index (χ3n) is 4.41. The lowest BCUT2D eigenvalue weighted by Gasteiger charge is -2.16. The molecule has 6 heteroatoms. The van der Waals surface area contributed by atoms with Crippen LogP contribution in [0.3, 0.4) is 0 Å². The van der Waals surface area contributed by atoms with Crippen molar-refractivity contribution < 1.29 is 0 Å². The van der Waals surface area contributed by atoms with Gasteiger partial charge in [-0.3, -0.25) is 4.68 Å². The summed E-state index contributed by atoms with van der Waals surface area (Å²) in [6.45, 7) is 4.08. The summed E-state index contributed by atoms with van der Waals surface area (Å²) in [5.74, 6) is 1.36. The molecule has 23 heavy (non-hydrogen) atoms. The largest absolute Gasteiger partial charge is 0.383 e. The van der Waals surface area contributed by atoms with E-state index in [0.29, 0.717) is 11.5 Å². The van der Waals surface area contributed by atoms with Gasteiger partial charge in [-0.15, -0.1) is 0 Å². The smallest absolute Gasteiger partial charge is 0.228 e. The molecule has 1 saturated heterocycles. The summed E-state index contributed by atoms with van der Waals surface area (Å²) >= 11 is 0. The van der Waals surface area contributed by atoms with Crippen molar-refractivity contribution in [1.82, 2.24) is 19.7 Å². The second-order valence-corrected chi connectivity index (χ2v) is 6.14. The Morgan fingerprint density at radius 1 is 1.13 bits per heavy atom. The Balaban J connectivity index is 1.99. The van der Waals surface area contributed by atoms with Crippen molar-refractivity contribution in [2.75, 3.05) is 23.7 Å². The maximum atomic E-state index is 6.22. The first-order valence-corrected chi connectivity index (χ1v) is 7.95. The van der Waals surface area contributed by atoms with Crippen LogP contribution in [0.1, 0.15) is 18.4 Å². The highest BCUT2D eigenvalue weighted by atomic mass is 15.3. The second-order valence-electron chi connectivity index (χ2n) is 6.14. The van der Waals surface area contributed by atoms with Crippen molar-refractivity contribution in [1.29, 1.82) is 0 Å². The molecule has 1 aliphatic rings. The van der Waals surface area contributed by atoms with Gasteiger partial charge in [0, 0.05) is 25.7 Å². The number of hydrogen-bond donors (Lipinski definition) is 1. The van der Waals surface area contributed by atoms with Gasteiger partial charge in [-0.1, -0.05) is 23.8 Å². The molecule has 0 saturated carbocycles. The molecule has 2 aromatic heterocycles. The second kappa shape index (κ2) is 5.22. The Morgan fingerprint density at radius 3 is 2.65 bits per heavy atom. The molecule has 4 rings (SSSR count). The fourth-order valence-electron chi connectivity index (χ4n) is 3.16. The molecule has 0 spiro atoms. The molecule has 1 aliphatic heterocycles. The summed E-state index contributed by atoms with van der Waals surface area (Å²) in [4.78, 5) is 11.7. The Labute approximate surface area is 135 Å². The number of fused-ring (bicyclic) bond motifs is 1. The Morgan fingerprint density at radius 2 is 1.91 bits per heavy atom. The highest BCUT2D eigenvalue weighted by Gasteiger charge is 2.21. The number of aromatic nitrogens is 4. The zero-order valence-corrected chi connectivity index (χ0v) is 13.5. The van der Waals surface area contributed by atoms with E-state index < -0.39 is 0 Å². The van der Waals surface area contributed by atoms with Crippen LogP contribution in [0.15, 0.2) is 24.3 Å². The quantitative estimate of drug-likeness (QED) is 0.787. The van der Waals surface area contributed by atoms with E-state index in [1.807, 2.05) is 13.1 Å². The minimum Gasteiger partial charge on any atom is -0.383 e. The first kappa shape index (κ1) is 14.0. The van der Waals surface area contributed by atoms with Crippen LogP contribution in [0, 0.1) is 6.92 Å². The summed E-state index contributed by atoms with van der Waals surface area (Å²) in [5.41, 5.74) is 10.0. The van der Waals surface area contributed by atoms with Gasteiger partial charge in [-0.05, 0) is 25.8 Å². The average molecular weight is 308 g/mol. The van der Waals surface area contributed by atoms with E-state index in [2.05, 4.69) is 40.1 Å². The summed E-state index contributed by atoms with van der Waals surface area (Å²) in [6.07, 6.45) is 2.37. The normalized spacial score (nSPS) is 14.8. The number of hydrogen-bond acceptors (Lipinski definition) is 5. The topological polar surface area (TPSA) is 72.9 Å². The van der Waals surface area contributed by atoms with Crippen LogP contribution in [-0.2, 0) is 7.05 Å². The Kier molecular flexibility index (Phi) is 3.18. The van der Waals surface area contributed by atoms with Crippen molar-refractivity contribution in [3.63, 3.8) is 0 Å². The maximum Gasteiger partial charge on any atom is 0.228 e. The van der Waals surface area contributed by atoms with Crippen molar-refractivity contribution in [2.45, 2.75) is 19.8 Å². The summed E-state index contributed by atoms with van der Waals surface area (Å²) in [7, 11) is 1.84. The molecule has 0 radical (unpaired) electrons. The van der Waals surface area contributed by atoms with Gasteiger partial charge < -0.3 is 10.6 Å². The van der Waals surface area contributed by atoms with Gasteiger partial charge in [0.25, 0.3) is 0 Å². The van der Waals surface area contributed by atoms with E-state index >= 15 is 0 Å². The van der Waals surface area contributed by atoms with E-state index in [1.54, 1.807) is 4.68 Å². The van der Waals surface area contributed by atoms with Crippen LogP contribution in [0.2, 0.25) is 0 Å². The fraction of sp³-hybridized carbons (Fsp3) is 0.353. The Bertz CT molecular complexity index is 876. The van der Waals surface area contributed by atoms with Crippen molar-refractivity contribution in [2.24, 2.45) is 7.05 Å². The lowest BCUT2D eigenvalue weighted by atomic mass is 10.1. The number of nitrogen functional groups attached to an aromatic ring is 1. The average Bonchev–Trinajstić information content (AvgIpc) is 3.16. The van der Waals surface area contributed by atoms with E-state index in [0.717, 1.165) is 35.7 Å². The van der Waals surface area contributed by atoms with Crippen LogP contribution in [0.4, 0.5) is 11.8 Å². The molecule has 1 aromatic carbocycles. The summed E-state index contributed by atoms with van der Waals surface area (Å²) in [5, 5.41) is 5.30. The van der Waals surface area contributed by atoms with Gasteiger partial charge in [0.2, 0.25) is 5.95 Å². The van der Waals surface area contributed by atoms with E-state index in [1.165, 1.54) is 18.4 Å². The SMILES string of the molecule is Cc1cccc(-c2nc(N3CCCC3)nc3nn(C)c(N)c23)c1. The number of anilines is 2. The van der Waals surface area contributed by atoms with Crippen LogP contribution in [0.25, 0.3) is 22.3 Å². The minimum atomic E-state index is 0.601. The molecule has 118 valence electrons. The van der Waals surface area contributed by atoms with E-state index in [-0.39, 0.29) is 0 Å². The third kappa shape index (κ3) is 2.30. The lowest BCUT2D eigenvalue weighted by Crippen LogP contribution is -2.20. The first-order chi connectivity index (χ1) is 11.1. The number of aryl methyl sites for hydroxylation is 2. The molecule has 0 amide bonds. The standard InChI is InChI=1S/C17H20N6/c1-11-6-5-7-12(10-11)14-13-15(18)22(2)21-16(13)20-17(19-14)23-8-3-4-9-23/h5-7,10H,3-4,8-9,18H2,1-2H3. The number of nitrogens with zero attached hydrogens (tertiary/aromatic N) is 5. The summed E-state index contributed by atoms with van der Waals surface area (Å²) in [6, 6.07) is 8.31. The third-order valence-corrected chi connectivity index (χ3v) is 4.41. The fourth-order valence-corrected chi connectivity index (χ4v) is 3.16. The molecule has 0 aliphatic carbocycles. The van der Waals surface area contributed by atoms with Gasteiger partial charge in [-0.25, -0.2) is 4.98 Å². The highest BCUT2D eigenvalue weighted by Crippen LogP contribution is 2.32. The van der Waals surface area contributed by atoms with Crippen molar-refractivity contribution in [3.05, 3.63) is 29.8 Å².